The number of nitrogens with zero attached hydrogens (tertiary/aromatic N) is 3. The number of anilines is 1. The van der Waals surface area contributed by atoms with Crippen LogP contribution in [0.1, 0.15) is 32.2 Å². The van der Waals surface area contributed by atoms with Crippen LogP contribution in [-0.4, -0.2) is 29.8 Å². The highest BCUT2D eigenvalue weighted by Gasteiger charge is 2.28. The number of hydrogen-bond acceptors (Lipinski definition) is 5. The molecule has 1 saturated heterocycles. The fraction of sp³-hybridized carbons (Fsp3) is 0.529. The van der Waals surface area contributed by atoms with Crippen LogP contribution in [0, 0.1) is 5.92 Å². The van der Waals surface area contributed by atoms with Gasteiger partial charge in [0, 0.05) is 31.0 Å². The lowest BCUT2D eigenvalue weighted by atomic mass is 9.92. The van der Waals surface area contributed by atoms with Crippen LogP contribution in [0.15, 0.2) is 33.4 Å². The number of hydrogen-bond donors (Lipinski definition) is 1. The van der Waals surface area contributed by atoms with Gasteiger partial charge in [-0.15, -0.1) is 5.10 Å². The molecule has 3 rings (SSSR count). The average molecular weight is 379 g/mol. The molecule has 0 bridgehead atoms. The monoisotopic (exact) mass is 378 g/mol. The quantitative estimate of drug-likeness (QED) is 0.864. The van der Waals surface area contributed by atoms with E-state index in [1.165, 1.54) is 0 Å². The summed E-state index contributed by atoms with van der Waals surface area (Å²) in [5.41, 5.74) is 1.08. The summed E-state index contributed by atoms with van der Waals surface area (Å²) in [6, 6.07) is 8.07. The van der Waals surface area contributed by atoms with Gasteiger partial charge < -0.3 is 14.6 Å². The summed E-state index contributed by atoms with van der Waals surface area (Å²) in [6.45, 7) is 10.3. The van der Waals surface area contributed by atoms with Crippen LogP contribution in [0.4, 0.5) is 5.82 Å². The van der Waals surface area contributed by atoms with Crippen LogP contribution in [-0.2, 0) is 12.0 Å². The van der Waals surface area contributed by atoms with Crippen LogP contribution in [0.5, 0.6) is 0 Å². The Kier molecular flexibility index (Phi) is 4.73. The predicted molar refractivity (Wildman–Crippen MR) is 94.5 cm³/mol. The standard InChI is InChI=1S/C17H23BrN4O/c1-17(2,3)14-5-7-16(21-20-14)22-10-12(11-22)8-19-9-13-4-6-15(18)23-13/h4-7,12,19H,8-11H2,1-3H3. The third-order valence-corrected chi connectivity index (χ3v) is 4.49. The molecule has 0 aliphatic carbocycles. The molecule has 1 aliphatic rings. The Labute approximate surface area is 145 Å². The maximum absolute atomic E-state index is 5.47. The zero-order valence-electron chi connectivity index (χ0n) is 13.8. The fourth-order valence-corrected chi connectivity index (χ4v) is 2.97. The highest BCUT2D eigenvalue weighted by atomic mass is 79.9. The van der Waals surface area contributed by atoms with Gasteiger partial charge in [-0.1, -0.05) is 20.8 Å². The van der Waals surface area contributed by atoms with E-state index in [-0.39, 0.29) is 5.41 Å². The molecule has 0 radical (unpaired) electrons. The second kappa shape index (κ2) is 6.61. The summed E-state index contributed by atoms with van der Waals surface area (Å²) in [5, 5.41) is 12.2. The zero-order valence-corrected chi connectivity index (χ0v) is 15.4. The molecule has 0 atom stereocenters. The van der Waals surface area contributed by atoms with Crippen molar-refractivity contribution >= 4 is 21.7 Å². The Hall–Kier alpha value is -1.40. The molecular formula is C17H23BrN4O. The highest BCUT2D eigenvalue weighted by molar-refractivity contribution is 9.10. The van der Waals surface area contributed by atoms with Crippen molar-refractivity contribution < 1.29 is 4.42 Å². The van der Waals surface area contributed by atoms with Crippen molar-refractivity contribution in [2.24, 2.45) is 5.92 Å². The van der Waals surface area contributed by atoms with Crippen LogP contribution < -0.4 is 10.2 Å². The van der Waals surface area contributed by atoms with Gasteiger partial charge in [0.05, 0.1) is 12.2 Å². The van der Waals surface area contributed by atoms with E-state index in [9.17, 15) is 0 Å². The molecule has 1 N–H and O–H groups in total. The Balaban J connectivity index is 1.42. The number of nitrogens with one attached hydrogen (secondary N) is 1. The van der Waals surface area contributed by atoms with Gasteiger partial charge in [-0.3, -0.25) is 0 Å². The van der Waals surface area contributed by atoms with Gasteiger partial charge in [0.25, 0.3) is 0 Å². The summed E-state index contributed by atoms with van der Waals surface area (Å²) >= 11 is 3.31. The van der Waals surface area contributed by atoms with Gasteiger partial charge in [0.1, 0.15) is 5.76 Å². The molecule has 6 heteroatoms. The Bertz CT molecular complexity index is 641. The van der Waals surface area contributed by atoms with Crippen molar-refractivity contribution in [3.63, 3.8) is 0 Å². The molecule has 3 heterocycles. The first kappa shape index (κ1) is 16.5. The topological polar surface area (TPSA) is 54.2 Å². The summed E-state index contributed by atoms with van der Waals surface area (Å²) in [7, 11) is 0. The Morgan fingerprint density at radius 3 is 2.57 bits per heavy atom. The number of rotatable bonds is 5. The molecule has 0 unspecified atom stereocenters. The molecule has 0 aromatic carbocycles. The molecule has 0 saturated carbocycles. The summed E-state index contributed by atoms with van der Waals surface area (Å²) in [5.74, 6) is 2.58. The lowest BCUT2D eigenvalue weighted by molar-refractivity contribution is 0.369. The SMILES string of the molecule is CC(C)(C)c1ccc(N2CC(CNCc3ccc(Br)o3)C2)nn1. The van der Waals surface area contributed by atoms with E-state index in [2.05, 4.69) is 69.2 Å². The van der Waals surface area contributed by atoms with Crippen molar-refractivity contribution in [1.29, 1.82) is 0 Å². The lowest BCUT2D eigenvalue weighted by Gasteiger charge is -2.40. The first-order valence-electron chi connectivity index (χ1n) is 7.96. The Morgan fingerprint density at radius 2 is 2.00 bits per heavy atom. The molecule has 23 heavy (non-hydrogen) atoms. The van der Waals surface area contributed by atoms with E-state index in [4.69, 9.17) is 4.42 Å². The maximum atomic E-state index is 5.47. The number of aromatic nitrogens is 2. The van der Waals surface area contributed by atoms with Crippen molar-refractivity contribution in [3.05, 3.63) is 40.4 Å². The van der Waals surface area contributed by atoms with Crippen molar-refractivity contribution in [2.45, 2.75) is 32.7 Å². The van der Waals surface area contributed by atoms with E-state index in [0.29, 0.717) is 5.92 Å². The van der Waals surface area contributed by atoms with Crippen LogP contribution in [0.25, 0.3) is 0 Å². The van der Waals surface area contributed by atoms with Gasteiger partial charge in [0.2, 0.25) is 0 Å². The number of furan rings is 1. The first-order chi connectivity index (χ1) is 10.9. The van der Waals surface area contributed by atoms with Gasteiger partial charge in [0.15, 0.2) is 10.5 Å². The second-order valence-electron chi connectivity index (χ2n) is 7.13. The van der Waals surface area contributed by atoms with E-state index < -0.39 is 0 Å². The zero-order chi connectivity index (χ0) is 16.4. The molecule has 2 aromatic heterocycles. The lowest BCUT2D eigenvalue weighted by Crippen LogP contribution is -2.51. The largest absolute Gasteiger partial charge is 0.453 e. The third-order valence-electron chi connectivity index (χ3n) is 4.06. The molecule has 1 fully saturated rings. The van der Waals surface area contributed by atoms with Gasteiger partial charge in [-0.05, 0) is 40.2 Å². The van der Waals surface area contributed by atoms with Crippen molar-refractivity contribution in [1.82, 2.24) is 15.5 Å². The normalized spacial score (nSPS) is 15.7. The summed E-state index contributed by atoms with van der Waals surface area (Å²) < 4.78 is 6.25. The second-order valence-corrected chi connectivity index (χ2v) is 7.92. The smallest absolute Gasteiger partial charge is 0.169 e. The fourth-order valence-electron chi connectivity index (χ4n) is 2.63. The molecule has 0 spiro atoms. The molecule has 1 aliphatic heterocycles. The van der Waals surface area contributed by atoms with Crippen LogP contribution >= 0.6 is 15.9 Å². The summed E-state index contributed by atoms with van der Waals surface area (Å²) in [6.07, 6.45) is 0. The molecule has 0 amide bonds. The number of halogens is 1. The van der Waals surface area contributed by atoms with E-state index in [1.807, 2.05) is 12.1 Å². The van der Waals surface area contributed by atoms with Gasteiger partial charge >= 0.3 is 0 Å². The van der Waals surface area contributed by atoms with E-state index in [0.717, 1.165) is 48.1 Å². The minimum absolute atomic E-state index is 0.0494. The van der Waals surface area contributed by atoms with Gasteiger partial charge in [-0.2, -0.15) is 5.10 Å². The third kappa shape index (κ3) is 4.12. The summed E-state index contributed by atoms with van der Waals surface area (Å²) in [4.78, 5) is 2.27. The van der Waals surface area contributed by atoms with Crippen molar-refractivity contribution in [3.8, 4) is 0 Å². The maximum Gasteiger partial charge on any atom is 0.169 e. The first-order valence-corrected chi connectivity index (χ1v) is 8.75. The minimum Gasteiger partial charge on any atom is -0.453 e. The van der Waals surface area contributed by atoms with Crippen molar-refractivity contribution in [2.75, 3.05) is 24.5 Å². The molecule has 2 aromatic rings. The van der Waals surface area contributed by atoms with Crippen LogP contribution in [0.2, 0.25) is 0 Å². The van der Waals surface area contributed by atoms with Crippen LogP contribution in [0.3, 0.4) is 0 Å². The highest BCUT2D eigenvalue weighted by Crippen LogP contribution is 2.24. The molecular weight excluding hydrogens is 356 g/mol. The average Bonchev–Trinajstić information content (AvgIpc) is 2.86. The van der Waals surface area contributed by atoms with Gasteiger partial charge in [-0.25, -0.2) is 0 Å². The van der Waals surface area contributed by atoms with E-state index >= 15 is 0 Å². The van der Waals surface area contributed by atoms with E-state index in [1.54, 1.807) is 0 Å². The predicted octanol–water partition coefficient (Wildman–Crippen LogP) is 3.36. The molecule has 124 valence electrons. The molecule has 5 nitrogen and oxygen atoms in total. The minimum atomic E-state index is 0.0494. The Morgan fingerprint density at radius 1 is 1.22 bits per heavy atom.